The first-order chi connectivity index (χ1) is 8.70. The van der Waals surface area contributed by atoms with Crippen molar-refractivity contribution in [2.45, 2.75) is 18.3 Å². The highest BCUT2D eigenvalue weighted by Crippen LogP contribution is 2.48. The highest BCUT2D eigenvalue weighted by atomic mass is 127. The molecule has 1 aliphatic heterocycles. The van der Waals surface area contributed by atoms with Crippen molar-refractivity contribution in [2.75, 3.05) is 26.7 Å². The molecule has 19 heavy (non-hydrogen) atoms. The van der Waals surface area contributed by atoms with Gasteiger partial charge in [-0.25, -0.2) is 0 Å². The minimum atomic E-state index is 0. The van der Waals surface area contributed by atoms with E-state index in [1.807, 2.05) is 0 Å². The first-order valence-corrected chi connectivity index (χ1v) is 7.24. The molecule has 1 aromatic carbocycles. The zero-order valence-corrected chi connectivity index (χ0v) is 14.9. The molecule has 1 saturated carbocycles. The van der Waals surface area contributed by atoms with E-state index >= 15 is 0 Å². The molecule has 3 nitrogen and oxygen atoms in total. The summed E-state index contributed by atoms with van der Waals surface area (Å²) in [5.74, 6) is 1.05. The first kappa shape index (κ1) is 15.1. The van der Waals surface area contributed by atoms with E-state index in [0.717, 1.165) is 25.6 Å². The summed E-state index contributed by atoms with van der Waals surface area (Å²) in [5.41, 5.74) is 1.76. The molecule has 5 heteroatoms. The number of guanidine groups is 1. The third-order valence-electron chi connectivity index (χ3n) is 3.93. The third-order valence-corrected chi connectivity index (χ3v) is 4.43. The van der Waals surface area contributed by atoms with Gasteiger partial charge in [0.1, 0.15) is 0 Å². The lowest BCUT2D eigenvalue weighted by Gasteiger charge is -2.21. The molecule has 1 aromatic rings. The van der Waals surface area contributed by atoms with Crippen LogP contribution in [-0.2, 0) is 5.41 Å². The molecule has 1 fully saturated rings. The Labute approximate surface area is 140 Å². The number of nitrogens with one attached hydrogen (secondary N) is 1. The van der Waals surface area contributed by atoms with Gasteiger partial charge in [0.25, 0.3) is 0 Å². The summed E-state index contributed by atoms with van der Waals surface area (Å²) in [5, 5.41) is 3.51. The maximum Gasteiger partial charge on any atom is 0.193 e. The molecule has 0 radical (unpaired) electrons. The summed E-state index contributed by atoms with van der Waals surface area (Å²) in [6.07, 6.45) is 2.54. The predicted molar refractivity (Wildman–Crippen MR) is 93.4 cm³/mol. The van der Waals surface area contributed by atoms with Crippen molar-refractivity contribution < 1.29 is 0 Å². The van der Waals surface area contributed by atoms with Crippen LogP contribution < -0.4 is 5.32 Å². The van der Waals surface area contributed by atoms with E-state index in [-0.39, 0.29) is 24.0 Å². The molecule has 1 N–H and O–H groups in total. The van der Waals surface area contributed by atoms with Gasteiger partial charge in [-0.05, 0) is 30.5 Å². The number of hydrogen-bond donors (Lipinski definition) is 1. The lowest BCUT2D eigenvalue weighted by Crippen LogP contribution is -2.39. The highest BCUT2D eigenvalue weighted by Gasteiger charge is 2.44. The van der Waals surface area contributed by atoms with Crippen LogP contribution >= 0.6 is 39.9 Å². The Morgan fingerprint density at radius 1 is 1.42 bits per heavy atom. The maximum absolute atomic E-state index is 4.48. The number of likely N-dealkylation sites (N-methyl/N-ethyl adjacent to an activating group) is 1. The van der Waals surface area contributed by atoms with Crippen LogP contribution in [0.25, 0.3) is 0 Å². The second-order valence-electron chi connectivity index (χ2n) is 5.27. The summed E-state index contributed by atoms with van der Waals surface area (Å²) < 4.78 is 1.17. The van der Waals surface area contributed by atoms with Gasteiger partial charge in [0.15, 0.2) is 5.96 Å². The number of rotatable bonds is 3. The average molecular weight is 436 g/mol. The lowest BCUT2D eigenvalue weighted by molar-refractivity contribution is 0.523. The lowest BCUT2D eigenvalue weighted by atomic mass is 9.96. The molecule has 0 amide bonds. The maximum atomic E-state index is 4.48. The van der Waals surface area contributed by atoms with Crippen molar-refractivity contribution in [1.29, 1.82) is 0 Å². The van der Waals surface area contributed by atoms with Gasteiger partial charge >= 0.3 is 0 Å². The zero-order chi connectivity index (χ0) is 12.6. The molecule has 0 bridgehead atoms. The molecular formula is C14H19BrIN3. The van der Waals surface area contributed by atoms with E-state index < -0.39 is 0 Å². The van der Waals surface area contributed by atoms with E-state index in [2.05, 4.69) is 62.5 Å². The number of nitrogens with zero attached hydrogens (tertiary/aromatic N) is 2. The minimum Gasteiger partial charge on any atom is -0.355 e. The molecule has 2 aliphatic rings. The van der Waals surface area contributed by atoms with Crippen molar-refractivity contribution in [3.63, 3.8) is 0 Å². The van der Waals surface area contributed by atoms with Crippen molar-refractivity contribution in [3.8, 4) is 0 Å². The second-order valence-corrected chi connectivity index (χ2v) is 6.19. The van der Waals surface area contributed by atoms with Gasteiger partial charge in [-0.2, -0.15) is 0 Å². The summed E-state index contributed by atoms with van der Waals surface area (Å²) >= 11 is 3.56. The monoisotopic (exact) mass is 435 g/mol. The van der Waals surface area contributed by atoms with Gasteiger partial charge in [-0.3, -0.25) is 4.99 Å². The van der Waals surface area contributed by atoms with Gasteiger partial charge in [0.05, 0.1) is 6.54 Å². The van der Waals surface area contributed by atoms with Crippen LogP contribution in [0.5, 0.6) is 0 Å². The minimum absolute atomic E-state index is 0. The van der Waals surface area contributed by atoms with Crippen LogP contribution in [0.4, 0.5) is 0 Å². The van der Waals surface area contributed by atoms with Crippen LogP contribution in [0.2, 0.25) is 0 Å². The fourth-order valence-electron chi connectivity index (χ4n) is 2.51. The van der Waals surface area contributed by atoms with Crippen LogP contribution in [0.1, 0.15) is 18.4 Å². The van der Waals surface area contributed by atoms with E-state index in [1.54, 1.807) is 0 Å². The number of benzene rings is 1. The van der Waals surface area contributed by atoms with E-state index in [0.29, 0.717) is 5.41 Å². The quantitative estimate of drug-likeness (QED) is 0.739. The summed E-state index contributed by atoms with van der Waals surface area (Å²) in [6, 6.07) is 8.69. The van der Waals surface area contributed by atoms with Crippen molar-refractivity contribution in [1.82, 2.24) is 10.2 Å². The topological polar surface area (TPSA) is 27.6 Å². The molecule has 1 heterocycles. The van der Waals surface area contributed by atoms with Gasteiger partial charge in [-0.15, -0.1) is 24.0 Å². The Balaban J connectivity index is 0.00000133. The Morgan fingerprint density at radius 3 is 2.79 bits per heavy atom. The largest absolute Gasteiger partial charge is 0.355 e. The SMILES string of the molecule is CN1CCN=C1NCC1(c2cccc(Br)c2)CC1.I. The molecular weight excluding hydrogens is 417 g/mol. The molecule has 0 saturated heterocycles. The summed E-state index contributed by atoms with van der Waals surface area (Å²) in [6.45, 7) is 2.95. The number of aliphatic imine (C=N–C) groups is 1. The van der Waals surface area contributed by atoms with Crippen LogP contribution in [-0.4, -0.2) is 37.5 Å². The van der Waals surface area contributed by atoms with Crippen molar-refractivity contribution >= 4 is 45.9 Å². The predicted octanol–water partition coefficient (Wildman–Crippen LogP) is 2.99. The summed E-state index contributed by atoms with van der Waals surface area (Å²) in [7, 11) is 2.09. The van der Waals surface area contributed by atoms with Crippen molar-refractivity contribution in [3.05, 3.63) is 34.3 Å². The standard InChI is InChI=1S/C14H18BrN3.HI/c1-18-8-7-16-13(18)17-10-14(5-6-14)11-3-2-4-12(15)9-11;/h2-4,9H,5-8,10H2,1H3,(H,16,17);1H. The molecule has 1 aliphatic carbocycles. The fourth-order valence-corrected chi connectivity index (χ4v) is 2.91. The number of halogens is 2. The fraction of sp³-hybridized carbons (Fsp3) is 0.500. The Kier molecular flexibility index (Phi) is 4.76. The van der Waals surface area contributed by atoms with Gasteiger partial charge in [-0.1, -0.05) is 28.1 Å². The van der Waals surface area contributed by atoms with E-state index in [9.17, 15) is 0 Å². The number of hydrogen-bond acceptors (Lipinski definition) is 3. The zero-order valence-electron chi connectivity index (χ0n) is 11.0. The summed E-state index contributed by atoms with van der Waals surface area (Å²) in [4.78, 5) is 6.67. The Bertz CT molecular complexity index is 485. The molecule has 0 unspecified atom stereocenters. The van der Waals surface area contributed by atoms with Crippen LogP contribution in [0.15, 0.2) is 33.7 Å². The molecule has 0 spiro atoms. The third kappa shape index (κ3) is 3.24. The average Bonchev–Trinajstić information content (AvgIpc) is 3.05. The van der Waals surface area contributed by atoms with Gasteiger partial charge in [0, 0.05) is 30.0 Å². The smallest absolute Gasteiger partial charge is 0.193 e. The van der Waals surface area contributed by atoms with Crippen LogP contribution in [0.3, 0.4) is 0 Å². The molecule has 0 aromatic heterocycles. The van der Waals surface area contributed by atoms with Crippen LogP contribution in [0, 0.1) is 0 Å². The molecule has 104 valence electrons. The molecule has 3 rings (SSSR count). The second kappa shape index (κ2) is 5.99. The van der Waals surface area contributed by atoms with E-state index in [1.165, 1.54) is 22.9 Å². The Hall–Kier alpha value is -0.300. The van der Waals surface area contributed by atoms with Gasteiger partial charge in [0.2, 0.25) is 0 Å². The van der Waals surface area contributed by atoms with Crippen molar-refractivity contribution in [2.24, 2.45) is 4.99 Å². The normalized spacial score (nSPS) is 19.7. The molecule has 0 atom stereocenters. The van der Waals surface area contributed by atoms with E-state index in [4.69, 9.17) is 0 Å². The first-order valence-electron chi connectivity index (χ1n) is 6.45. The Morgan fingerprint density at radius 2 is 2.21 bits per heavy atom. The highest BCUT2D eigenvalue weighted by molar-refractivity contribution is 14.0. The van der Waals surface area contributed by atoms with Gasteiger partial charge < -0.3 is 10.2 Å².